The number of amides is 1. The lowest BCUT2D eigenvalue weighted by molar-refractivity contribution is -0.137. The first-order chi connectivity index (χ1) is 13.3. The molecule has 0 spiro atoms. The molecule has 160 valence electrons. The number of furan rings is 1. The zero-order valence-electron chi connectivity index (χ0n) is 15.9. The van der Waals surface area contributed by atoms with Crippen molar-refractivity contribution in [2.75, 3.05) is 26.2 Å². The van der Waals surface area contributed by atoms with Crippen LogP contribution in [0, 0.1) is 5.92 Å². The summed E-state index contributed by atoms with van der Waals surface area (Å²) in [4.78, 5) is 14.5. The first-order valence-corrected chi connectivity index (χ1v) is 11.4. The molecule has 1 saturated heterocycles. The second-order valence-electron chi connectivity index (χ2n) is 7.59. The first kappa shape index (κ1) is 22.4. The topological polar surface area (TPSA) is 96.9 Å². The second-order valence-corrected chi connectivity index (χ2v) is 9.89. The maximum atomic E-state index is 12.9. The third kappa shape index (κ3) is 4.56. The second kappa shape index (κ2) is 8.81. The van der Waals surface area contributed by atoms with Gasteiger partial charge in [0, 0.05) is 54.6 Å². The summed E-state index contributed by atoms with van der Waals surface area (Å²) in [6.07, 6.45) is 3.39. The molecule has 10 heteroatoms. The molecule has 1 aromatic carbocycles. The van der Waals surface area contributed by atoms with Crippen LogP contribution in [0.5, 0.6) is 0 Å². The minimum atomic E-state index is -3.75. The molecule has 2 fully saturated rings. The average molecular weight is 462 g/mol. The normalized spacial score (nSPS) is 23.7. The molecule has 29 heavy (non-hydrogen) atoms. The Morgan fingerprint density at radius 3 is 2.38 bits per heavy atom. The zero-order valence-corrected chi connectivity index (χ0v) is 18.3. The van der Waals surface area contributed by atoms with E-state index in [0.717, 1.165) is 25.7 Å². The van der Waals surface area contributed by atoms with Crippen molar-refractivity contribution >= 4 is 50.9 Å². The Morgan fingerprint density at radius 1 is 1.07 bits per heavy atom. The number of hydrogen-bond donors (Lipinski definition) is 1. The van der Waals surface area contributed by atoms with Crippen molar-refractivity contribution in [1.29, 1.82) is 0 Å². The Morgan fingerprint density at radius 2 is 1.72 bits per heavy atom. The Labute approximate surface area is 181 Å². The summed E-state index contributed by atoms with van der Waals surface area (Å²) in [6, 6.07) is 6.69. The van der Waals surface area contributed by atoms with Gasteiger partial charge in [0.05, 0.1) is 0 Å². The van der Waals surface area contributed by atoms with Crippen LogP contribution in [0.15, 0.2) is 33.8 Å². The van der Waals surface area contributed by atoms with E-state index in [1.54, 1.807) is 23.1 Å². The lowest BCUT2D eigenvalue weighted by atomic mass is 9.85. The standard InChI is InChI=1S/C19H24ClN3O4S.ClH/c20-15-3-6-17-14(11-15)12-18(27-17)28(25,26)23-9-7-22(8-10-23)19(24)13-1-4-16(21)5-2-13;/h3,6,11-13,16H,1-2,4-5,7-10,21H2;1H. The number of benzene rings is 1. The molecule has 2 heterocycles. The smallest absolute Gasteiger partial charge is 0.276 e. The van der Waals surface area contributed by atoms with Crippen LogP contribution in [0.4, 0.5) is 0 Å². The third-order valence-corrected chi connectivity index (χ3v) is 7.71. The van der Waals surface area contributed by atoms with Crippen molar-refractivity contribution in [2.45, 2.75) is 36.8 Å². The van der Waals surface area contributed by atoms with E-state index in [1.165, 1.54) is 10.4 Å². The van der Waals surface area contributed by atoms with Gasteiger partial charge in [-0.1, -0.05) is 11.6 Å². The molecule has 2 N–H and O–H groups in total. The molecule has 1 aliphatic heterocycles. The Hall–Kier alpha value is -1.32. The molecule has 7 nitrogen and oxygen atoms in total. The number of rotatable bonds is 3. The van der Waals surface area contributed by atoms with Crippen LogP contribution < -0.4 is 5.73 Å². The number of nitrogens with two attached hydrogens (primary N) is 1. The molecule has 1 aliphatic carbocycles. The third-order valence-electron chi connectivity index (χ3n) is 5.72. The van der Waals surface area contributed by atoms with Crippen molar-refractivity contribution < 1.29 is 17.6 Å². The first-order valence-electron chi connectivity index (χ1n) is 9.58. The van der Waals surface area contributed by atoms with E-state index in [-0.39, 0.29) is 48.5 Å². The van der Waals surface area contributed by atoms with Crippen LogP contribution in [-0.4, -0.2) is 55.8 Å². The van der Waals surface area contributed by atoms with E-state index in [4.69, 9.17) is 21.8 Å². The highest BCUT2D eigenvalue weighted by molar-refractivity contribution is 7.89. The van der Waals surface area contributed by atoms with Crippen molar-refractivity contribution in [3.8, 4) is 0 Å². The highest BCUT2D eigenvalue weighted by Gasteiger charge is 2.35. The summed E-state index contributed by atoms with van der Waals surface area (Å²) in [5.41, 5.74) is 6.40. The fourth-order valence-electron chi connectivity index (χ4n) is 4.02. The molecule has 1 saturated carbocycles. The molecule has 0 unspecified atom stereocenters. The minimum Gasteiger partial charge on any atom is -0.443 e. The summed E-state index contributed by atoms with van der Waals surface area (Å²) >= 11 is 5.96. The molecule has 4 rings (SSSR count). The van der Waals surface area contributed by atoms with Gasteiger partial charge in [-0.2, -0.15) is 4.31 Å². The van der Waals surface area contributed by atoms with Crippen molar-refractivity contribution in [3.05, 3.63) is 29.3 Å². The highest BCUT2D eigenvalue weighted by Crippen LogP contribution is 2.29. The number of carbonyl (C=O) groups is 1. The van der Waals surface area contributed by atoms with Gasteiger partial charge in [-0.15, -0.1) is 12.4 Å². The molecule has 0 bridgehead atoms. The van der Waals surface area contributed by atoms with Gasteiger partial charge in [-0.05, 0) is 43.9 Å². The maximum Gasteiger partial charge on any atom is 0.276 e. The number of piperazine rings is 1. The van der Waals surface area contributed by atoms with Crippen LogP contribution in [0.3, 0.4) is 0 Å². The van der Waals surface area contributed by atoms with Crippen LogP contribution >= 0.6 is 24.0 Å². The number of fused-ring (bicyclic) bond motifs is 1. The van der Waals surface area contributed by atoms with Crippen LogP contribution in [0.25, 0.3) is 11.0 Å². The van der Waals surface area contributed by atoms with Crippen LogP contribution in [0.2, 0.25) is 5.02 Å². The van der Waals surface area contributed by atoms with Gasteiger partial charge in [0.2, 0.25) is 11.0 Å². The van der Waals surface area contributed by atoms with E-state index < -0.39 is 10.0 Å². The molecule has 0 radical (unpaired) electrons. The lowest BCUT2D eigenvalue weighted by Gasteiger charge is -2.36. The predicted octanol–water partition coefficient (Wildman–Crippen LogP) is 2.86. The van der Waals surface area contributed by atoms with E-state index in [2.05, 4.69) is 0 Å². The number of nitrogens with zero attached hydrogens (tertiary/aromatic N) is 2. The van der Waals surface area contributed by atoms with Crippen molar-refractivity contribution in [2.24, 2.45) is 11.7 Å². The van der Waals surface area contributed by atoms with Gasteiger partial charge in [-0.25, -0.2) is 8.42 Å². The fraction of sp³-hybridized carbons (Fsp3) is 0.526. The van der Waals surface area contributed by atoms with E-state index in [1.807, 2.05) is 0 Å². The monoisotopic (exact) mass is 461 g/mol. The van der Waals surface area contributed by atoms with Crippen LogP contribution in [-0.2, 0) is 14.8 Å². The van der Waals surface area contributed by atoms with Crippen LogP contribution in [0.1, 0.15) is 25.7 Å². The van der Waals surface area contributed by atoms with E-state index in [0.29, 0.717) is 29.1 Å². The van der Waals surface area contributed by atoms with E-state index >= 15 is 0 Å². The van der Waals surface area contributed by atoms with Gasteiger partial charge >= 0.3 is 0 Å². The Balaban J connectivity index is 0.00000240. The Bertz CT molecular complexity index is 979. The van der Waals surface area contributed by atoms with E-state index in [9.17, 15) is 13.2 Å². The SMILES string of the molecule is Cl.NC1CCC(C(=O)N2CCN(S(=O)(=O)c3cc4cc(Cl)ccc4o3)CC2)CC1. The quantitative estimate of drug-likeness (QED) is 0.757. The van der Waals surface area contributed by atoms with Gasteiger partial charge in [0.25, 0.3) is 10.0 Å². The summed E-state index contributed by atoms with van der Waals surface area (Å²) in [5.74, 6) is 0.144. The maximum absolute atomic E-state index is 12.9. The predicted molar refractivity (Wildman–Crippen MR) is 114 cm³/mol. The Kier molecular flexibility index (Phi) is 6.80. The molecule has 2 aliphatic rings. The summed E-state index contributed by atoms with van der Waals surface area (Å²) in [5, 5.41) is 1.08. The molecule has 2 aromatic rings. The highest BCUT2D eigenvalue weighted by atomic mass is 35.5. The molecular weight excluding hydrogens is 437 g/mol. The van der Waals surface area contributed by atoms with Gasteiger partial charge < -0.3 is 15.1 Å². The number of sulfonamides is 1. The molecular formula is C19H25Cl2N3O4S. The molecule has 1 amide bonds. The van der Waals surface area contributed by atoms with Crippen molar-refractivity contribution in [1.82, 2.24) is 9.21 Å². The summed E-state index contributed by atoms with van der Waals surface area (Å²) in [7, 11) is -3.75. The van der Waals surface area contributed by atoms with Crippen molar-refractivity contribution in [3.63, 3.8) is 0 Å². The molecule has 0 atom stereocenters. The number of carbonyl (C=O) groups excluding carboxylic acids is 1. The fourth-order valence-corrected chi connectivity index (χ4v) is 5.57. The zero-order chi connectivity index (χ0) is 19.9. The lowest BCUT2D eigenvalue weighted by Crippen LogP contribution is -2.52. The minimum absolute atomic E-state index is 0. The summed E-state index contributed by atoms with van der Waals surface area (Å²) in [6.45, 7) is 1.32. The number of hydrogen-bond acceptors (Lipinski definition) is 5. The largest absolute Gasteiger partial charge is 0.443 e. The molecule has 1 aromatic heterocycles. The summed E-state index contributed by atoms with van der Waals surface area (Å²) < 4.78 is 32.8. The van der Waals surface area contributed by atoms with Gasteiger partial charge in [-0.3, -0.25) is 4.79 Å². The van der Waals surface area contributed by atoms with Gasteiger partial charge in [0.1, 0.15) is 5.58 Å². The van der Waals surface area contributed by atoms with Gasteiger partial charge in [0.15, 0.2) is 0 Å². The average Bonchev–Trinajstić information content (AvgIpc) is 3.12. The number of halogens is 2.